The summed E-state index contributed by atoms with van der Waals surface area (Å²) in [7, 11) is 0. The highest BCUT2D eigenvalue weighted by Gasteiger charge is 2.31. The van der Waals surface area contributed by atoms with Gasteiger partial charge in [-0.15, -0.1) is 0 Å². The topological polar surface area (TPSA) is 228 Å². The van der Waals surface area contributed by atoms with Crippen LogP contribution in [0, 0.1) is 20.2 Å². The standard InChI is InChI=1S/C38H32N6O12S/c45-33(39-13-17-41(18-14-39)37(49)35(47)29-3-1-21-55-29)11-7-25-5-9-31(27(23-25)43(51)52)57-32-10-6-26(24-28(32)44(53)54)8-12-34(46)40-15-19-42(20-16-40)38(50)36(48)30-4-2-22-56-30/h1-12,21-24H,13-20H2/b11-7+,12-8+. The van der Waals surface area contributed by atoms with Gasteiger partial charge in [0.05, 0.1) is 32.2 Å². The molecule has 0 atom stereocenters. The van der Waals surface area contributed by atoms with Gasteiger partial charge in [-0.3, -0.25) is 49.0 Å². The van der Waals surface area contributed by atoms with E-state index in [1.165, 1.54) is 117 Å². The number of Topliss-reactive ketones (excluding diaryl/α,β-unsaturated/α-hetero) is 2. The molecule has 0 aliphatic carbocycles. The number of hydrogen-bond donors (Lipinski definition) is 0. The Balaban J connectivity index is 1.05. The van der Waals surface area contributed by atoms with Crippen LogP contribution < -0.4 is 0 Å². The van der Waals surface area contributed by atoms with Crippen LogP contribution in [0.3, 0.4) is 0 Å². The number of amides is 4. The van der Waals surface area contributed by atoms with E-state index in [1.807, 2.05) is 0 Å². The number of carbonyl (C=O) groups is 6. The van der Waals surface area contributed by atoms with E-state index in [1.54, 1.807) is 0 Å². The zero-order chi connectivity index (χ0) is 40.6. The number of nitro benzene ring substituents is 2. The molecular weight excluding hydrogens is 765 g/mol. The van der Waals surface area contributed by atoms with Crippen LogP contribution in [0.1, 0.15) is 32.2 Å². The molecule has 57 heavy (non-hydrogen) atoms. The van der Waals surface area contributed by atoms with Crippen LogP contribution in [0.25, 0.3) is 12.2 Å². The first kappa shape index (κ1) is 39.5. The molecule has 2 fully saturated rings. The number of carbonyl (C=O) groups excluding carboxylic acids is 6. The van der Waals surface area contributed by atoms with E-state index >= 15 is 0 Å². The number of hydrogen-bond acceptors (Lipinski definition) is 13. The van der Waals surface area contributed by atoms with Gasteiger partial charge in [-0.2, -0.15) is 0 Å². The summed E-state index contributed by atoms with van der Waals surface area (Å²) < 4.78 is 10.00. The third-order valence-electron chi connectivity index (χ3n) is 9.05. The van der Waals surface area contributed by atoms with Crippen molar-refractivity contribution in [2.24, 2.45) is 0 Å². The normalized spacial score (nSPS) is 14.6. The molecule has 0 spiro atoms. The Morgan fingerprint density at radius 2 is 0.930 bits per heavy atom. The molecule has 4 aromatic rings. The van der Waals surface area contributed by atoms with E-state index in [2.05, 4.69) is 0 Å². The summed E-state index contributed by atoms with van der Waals surface area (Å²) in [6, 6.07) is 14.2. The SMILES string of the molecule is O=C(C(=O)N1CCN(C(=O)/C=C/c2ccc(Sc3ccc(/C=C/C(=O)N4CCN(C(=O)C(=O)c5ccco5)CC4)cc3[N+](=O)[O-])c([N+](=O)[O-])c2)CC1)c1ccco1. The van der Waals surface area contributed by atoms with Crippen molar-refractivity contribution in [1.82, 2.24) is 19.6 Å². The molecule has 2 aromatic carbocycles. The Labute approximate surface area is 327 Å². The lowest BCUT2D eigenvalue weighted by atomic mass is 10.1. The van der Waals surface area contributed by atoms with Crippen molar-refractivity contribution in [2.45, 2.75) is 9.79 Å². The molecule has 0 unspecified atom stereocenters. The van der Waals surface area contributed by atoms with Crippen LogP contribution in [0.15, 0.2) is 104 Å². The Hall–Kier alpha value is -7.15. The predicted octanol–water partition coefficient (Wildman–Crippen LogP) is 3.97. The fourth-order valence-electron chi connectivity index (χ4n) is 5.97. The molecule has 0 N–H and O–H groups in total. The molecule has 18 nitrogen and oxygen atoms in total. The average molecular weight is 797 g/mol. The fraction of sp³-hybridized carbons (Fsp3) is 0.211. The maximum Gasteiger partial charge on any atom is 0.298 e. The Kier molecular flexibility index (Phi) is 12.2. The van der Waals surface area contributed by atoms with Gasteiger partial charge in [-0.25, -0.2) is 0 Å². The van der Waals surface area contributed by atoms with Crippen molar-refractivity contribution in [3.8, 4) is 0 Å². The van der Waals surface area contributed by atoms with E-state index in [0.29, 0.717) is 11.1 Å². The van der Waals surface area contributed by atoms with Crippen molar-refractivity contribution in [3.05, 3.63) is 128 Å². The van der Waals surface area contributed by atoms with Gasteiger partial charge in [-0.05, 0) is 59.7 Å². The second kappa shape index (κ2) is 17.5. The molecule has 2 saturated heterocycles. The van der Waals surface area contributed by atoms with Gasteiger partial charge in [0.25, 0.3) is 34.8 Å². The Morgan fingerprint density at radius 1 is 0.561 bits per heavy atom. The van der Waals surface area contributed by atoms with Crippen LogP contribution in [0.4, 0.5) is 11.4 Å². The first-order valence-corrected chi connectivity index (χ1v) is 18.1. The largest absolute Gasteiger partial charge is 0.461 e. The highest BCUT2D eigenvalue weighted by atomic mass is 32.2. The molecule has 4 heterocycles. The third-order valence-corrected chi connectivity index (χ3v) is 10.2. The zero-order valence-corrected chi connectivity index (χ0v) is 30.7. The van der Waals surface area contributed by atoms with Gasteiger partial charge < -0.3 is 28.4 Å². The minimum Gasteiger partial charge on any atom is -0.461 e. The van der Waals surface area contributed by atoms with E-state index < -0.39 is 45.0 Å². The quantitative estimate of drug-likeness (QED) is 0.0651. The number of nitro groups is 2. The molecule has 2 aromatic heterocycles. The molecule has 0 radical (unpaired) electrons. The molecule has 19 heteroatoms. The first-order valence-electron chi connectivity index (χ1n) is 17.3. The monoisotopic (exact) mass is 796 g/mol. The number of benzene rings is 2. The minimum atomic E-state index is -0.779. The van der Waals surface area contributed by atoms with Crippen LogP contribution in [0.5, 0.6) is 0 Å². The second-order valence-electron chi connectivity index (χ2n) is 12.6. The molecular formula is C38H32N6O12S. The maximum atomic E-state index is 12.9. The Bertz CT molecular complexity index is 2130. The second-order valence-corrected chi connectivity index (χ2v) is 13.7. The van der Waals surface area contributed by atoms with Gasteiger partial charge >= 0.3 is 0 Å². The molecule has 2 aliphatic rings. The summed E-state index contributed by atoms with van der Waals surface area (Å²) >= 11 is 0.810. The summed E-state index contributed by atoms with van der Waals surface area (Å²) in [5.41, 5.74) is -0.0440. The van der Waals surface area contributed by atoms with Crippen molar-refractivity contribution in [2.75, 3.05) is 52.4 Å². The summed E-state index contributed by atoms with van der Waals surface area (Å²) in [4.78, 5) is 104. The number of piperazine rings is 2. The molecule has 0 saturated carbocycles. The van der Waals surface area contributed by atoms with Crippen LogP contribution >= 0.6 is 11.8 Å². The van der Waals surface area contributed by atoms with Crippen LogP contribution in [0.2, 0.25) is 0 Å². The van der Waals surface area contributed by atoms with Crippen LogP contribution in [-0.4, -0.2) is 117 Å². The maximum absolute atomic E-state index is 12.9. The Morgan fingerprint density at radius 3 is 1.26 bits per heavy atom. The smallest absolute Gasteiger partial charge is 0.298 e. The summed E-state index contributed by atoms with van der Waals surface area (Å²) in [6.45, 7) is 1.18. The van der Waals surface area contributed by atoms with E-state index in [9.17, 15) is 49.0 Å². The summed E-state index contributed by atoms with van der Waals surface area (Å²) in [5.74, 6) is -3.97. The third kappa shape index (κ3) is 9.39. The molecule has 2 aliphatic heterocycles. The number of nitrogens with zero attached hydrogens (tertiary/aromatic N) is 6. The van der Waals surface area contributed by atoms with Gasteiger partial charge in [0.1, 0.15) is 0 Å². The van der Waals surface area contributed by atoms with Gasteiger partial charge in [-0.1, -0.05) is 23.9 Å². The van der Waals surface area contributed by atoms with Crippen molar-refractivity contribution in [1.29, 1.82) is 0 Å². The van der Waals surface area contributed by atoms with Gasteiger partial charge in [0, 0.05) is 76.6 Å². The number of rotatable bonds is 12. The van der Waals surface area contributed by atoms with Crippen molar-refractivity contribution >= 4 is 70.5 Å². The molecule has 292 valence electrons. The lowest BCUT2D eigenvalue weighted by Crippen LogP contribution is -2.51. The molecule has 0 bridgehead atoms. The highest BCUT2D eigenvalue weighted by molar-refractivity contribution is 7.99. The average Bonchev–Trinajstić information content (AvgIpc) is 3.98. The van der Waals surface area contributed by atoms with E-state index in [4.69, 9.17) is 8.83 Å². The number of furan rings is 2. The first-order chi connectivity index (χ1) is 27.4. The summed E-state index contributed by atoms with van der Waals surface area (Å²) in [5, 5.41) is 24.1. The van der Waals surface area contributed by atoms with Gasteiger partial charge in [0.2, 0.25) is 11.8 Å². The van der Waals surface area contributed by atoms with Crippen molar-refractivity contribution in [3.63, 3.8) is 0 Å². The minimum absolute atomic E-state index is 0.0715. The van der Waals surface area contributed by atoms with E-state index in [-0.39, 0.29) is 85.0 Å². The van der Waals surface area contributed by atoms with Crippen LogP contribution in [-0.2, 0) is 19.2 Å². The fourth-order valence-corrected chi connectivity index (χ4v) is 6.96. The molecule has 4 amide bonds. The van der Waals surface area contributed by atoms with Gasteiger partial charge in [0.15, 0.2) is 11.5 Å². The van der Waals surface area contributed by atoms with Crippen molar-refractivity contribution < 1.29 is 47.4 Å². The number of ketones is 2. The highest BCUT2D eigenvalue weighted by Crippen LogP contribution is 2.40. The zero-order valence-electron chi connectivity index (χ0n) is 29.9. The summed E-state index contributed by atoms with van der Waals surface area (Å²) in [6.07, 6.45) is 7.86. The predicted molar refractivity (Wildman–Crippen MR) is 201 cm³/mol. The lowest BCUT2D eigenvalue weighted by Gasteiger charge is -2.33. The molecule has 6 rings (SSSR count). The van der Waals surface area contributed by atoms with E-state index in [0.717, 1.165) is 11.8 Å². The lowest BCUT2D eigenvalue weighted by molar-refractivity contribution is -0.388.